The van der Waals surface area contributed by atoms with Crippen LogP contribution in [0, 0.1) is 22.7 Å². The zero-order chi connectivity index (χ0) is 20.7. The van der Waals surface area contributed by atoms with Gasteiger partial charge in [-0.1, -0.05) is 38.2 Å². The zero-order valence-corrected chi connectivity index (χ0v) is 23.2. The molecule has 5 atom stereocenters. The Kier molecular flexibility index (Phi) is 10.4. The maximum atomic E-state index is 11.7. The van der Waals surface area contributed by atoms with E-state index >= 15 is 0 Å². The summed E-state index contributed by atoms with van der Waals surface area (Å²) in [7, 11) is -5.16. The van der Waals surface area contributed by atoms with Gasteiger partial charge in [0.1, 0.15) is 6.61 Å². The molecule has 0 spiro atoms. The Morgan fingerprint density at radius 3 is 2.57 bits per heavy atom. The van der Waals surface area contributed by atoms with Crippen LogP contribution in [0.4, 0.5) is 0 Å². The third-order valence-electron chi connectivity index (χ3n) is 7.00. The van der Waals surface area contributed by atoms with E-state index in [2.05, 4.69) is 13.5 Å². The largest absolute Gasteiger partial charge is 1.00 e. The molecule has 30 heavy (non-hydrogen) atoms. The standard InChI is InChI=1S/C20H29O7P.2Na/c1-13-4-7-16-19(2,15(13)6-5-14-9-11-26-18(14)22)10-8-17(20(16,3)12-21)27-28(23,24)25;;/h5-6,9,15-17,21H,1,4,7-8,10-12H2,2-3H3,(H2,23,24,25);;/q;2*+1/p-2/b6-5+;;/t15?,16?,17-,19-,20+;;/m1../s1. The molecule has 2 unspecified atom stereocenters. The molecule has 3 aliphatic rings. The Morgan fingerprint density at radius 2 is 2.03 bits per heavy atom. The monoisotopic (exact) mass is 456 g/mol. The second-order valence-corrected chi connectivity index (χ2v) is 9.70. The number of phosphoric ester groups is 1. The number of fused-ring (bicyclic) bond motifs is 1. The van der Waals surface area contributed by atoms with Gasteiger partial charge in [-0.3, -0.25) is 0 Å². The molecule has 156 valence electrons. The molecule has 7 nitrogen and oxygen atoms in total. The van der Waals surface area contributed by atoms with Gasteiger partial charge in [0, 0.05) is 11.3 Å². The smallest absolute Gasteiger partial charge is 0.790 e. The van der Waals surface area contributed by atoms with E-state index in [0.29, 0.717) is 24.8 Å². The van der Waals surface area contributed by atoms with Crippen molar-refractivity contribution in [1.82, 2.24) is 0 Å². The van der Waals surface area contributed by atoms with Crippen molar-refractivity contribution in [3.8, 4) is 0 Å². The van der Waals surface area contributed by atoms with E-state index in [-0.39, 0.29) is 95.5 Å². The first-order valence-corrected chi connectivity index (χ1v) is 11.0. The van der Waals surface area contributed by atoms with Crippen molar-refractivity contribution in [2.45, 2.75) is 45.6 Å². The van der Waals surface area contributed by atoms with E-state index in [1.54, 1.807) is 19.1 Å². The average molecular weight is 456 g/mol. The van der Waals surface area contributed by atoms with Crippen LogP contribution in [0.25, 0.3) is 0 Å². The molecule has 0 bridgehead atoms. The number of cyclic esters (lactones) is 1. The van der Waals surface area contributed by atoms with Crippen LogP contribution in [0.15, 0.2) is 36.0 Å². The Morgan fingerprint density at radius 1 is 1.37 bits per heavy atom. The molecule has 0 aromatic carbocycles. The van der Waals surface area contributed by atoms with Gasteiger partial charge in [0.15, 0.2) is 0 Å². The Bertz CT molecular complexity index is 777. The van der Waals surface area contributed by atoms with Gasteiger partial charge >= 0.3 is 65.1 Å². The molecule has 1 aliphatic heterocycles. The van der Waals surface area contributed by atoms with Crippen LogP contribution in [0.1, 0.15) is 39.5 Å². The van der Waals surface area contributed by atoms with Gasteiger partial charge in [0.25, 0.3) is 0 Å². The third kappa shape index (κ3) is 5.63. The molecule has 3 rings (SSSR count). The van der Waals surface area contributed by atoms with Gasteiger partial charge in [-0.15, -0.1) is 0 Å². The van der Waals surface area contributed by atoms with E-state index in [9.17, 15) is 24.3 Å². The molecule has 0 aromatic heterocycles. The molecule has 2 aliphatic carbocycles. The number of carbonyl (C=O) groups excluding carboxylic acids is 1. The first-order valence-electron chi connectivity index (χ1n) is 9.56. The number of aliphatic hydroxyl groups excluding tert-OH is 1. The Balaban J connectivity index is 0.00000225. The number of allylic oxidation sites excluding steroid dienone is 2. The molecule has 1 heterocycles. The van der Waals surface area contributed by atoms with Crippen molar-refractivity contribution in [1.29, 1.82) is 0 Å². The second-order valence-electron chi connectivity index (χ2n) is 8.59. The summed E-state index contributed by atoms with van der Waals surface area (Å²) in [6, 6.07) is 0. The molecule has 2 saturated carbocycles. The minimum atomic E-state index is -5.16. The number of carbonyl (C=O) groups is 1. The first kappa shape index (κ1) is 28.8. The number of ether oxygens (including phenoxy) is 1. The molecular formula is C20H27Na2O7P. The molecular weight excluding hydrogens is 429 g/mol. The number of phosphoric acid groups is 1. The molecule has 1 N–H and O–H groups in total. The van der Waals surface area contributed by atoms with Gasteiger partial charge in [0.05, 0.1) is 26.1 Å². The molecule has 0 saturated heterocycles. The quantitative estimate of drug-likeness (QED) is 0.192. The Hall–Kier alpha value is 0.760. The van der Waals surface area contributed by atoms with Crippen LogP contribution in [0.3, 0.4) is 0 Å². The van der Waals surface area contributed by atoms with E-state index in [1.807, 2.05) is 6.08 Å². The van der Waals surface area contributed by atoms with Crippen LogP contribution >= 0.6 is 7.82 Å². The van der Waals surface area contributed by atoms with Crippen LogP contribution in [0.2, 0.25) is 0 Å². The van der Waals surface area contributed by atoms with E-state index in [1.165, 1.54) is 0 Å². The molecule has 10 heteroatoms. The van der Waals surface area contributed by atoms with Crippen molar-refractivity contribution in [3.05, 3.63) is 36.0 Å². The predicted molar refractivity (Wildman–Crippen MR) is 98.5 cm³/mol. The summed E-state index contributed by atoms with van der Waals surface area (Å²) in [5.74, 6) is -0.461. The summed E-state index contributed by atoms with van der Waals surface area (Å²) >= 11 is 0. The average Bonchev–Trinajstić information content (AvgIpc) is 3.01. The number of hydrogen-bond donors (Lipinski definition) is 1. The SMILES string of the molecule is C=C1CCC2[C@](C)(CC[C@@H](OP(=O)([O-])[O-])[C@@]2(C)CO)C1/C=C/C1=CCOC1=O.[Na+].[Na+]. The fraction of sp³-hybridized carbons (Fsp3) is 0.650. The van der Waals surface area contributed by atoms with Gasteiger partial charge < -0.3 is 28.7 Å². The minimum absolute atomic E-state index is 0. The van der Waals surface area contributed by atoms with E-state index in [4.69, 9.17) is 9.26 Å². The summed E-state index contributed by atoms with van der Waals surface area (Å²) in [6.45, 7) is 8.12. The second kappa shape index (κ2) is 10.8. The fourth-order valence-electron chi connectivity index (χ4n) is 5.51. The van der Waals surface area contributed by atoms with Crippen LogP contribution in [0.5, 0.6) is 0 Å². The number of aliphatic hydroxyl groups is 1. The van der Waals surface area contributed by atoms with Crippen LogP contribution in [-0.4, -0.2) is 30.4 Å². The summed E-state index contributed by atoms with van der Waals surface area (Å²) in [4.78, 5) is 34.2. The zero-order valence-electron chi connectivity index (χ0n) is 18.3. The molecule has 2 fully saturated rings. The van der Waals surface area contributed by atoms with Gasteiger partial charge in [-0.25, -0.2) is 4.79 Å². The number of esters is 1. The van der Waals surface area contributed by atoms with Gasteiger partial charge in [-0.05, 0) is 43.1 Å². The maximum absolute atomic E-state index is 11.7. The molecule has 0 aromatic rings. The number of hydrogen-bond acceptors (Lipinski definition) is 7. The topological polar surface area (TPSA) is 119 Å². The number of rotatable bonds is 5. The van der Waals surface area contributed by atoms with Crippen molar-refractivity contribution in [3.63, 3.8) is 0 Å². The van der Waals surface area contributed by atoms with Gasteiger partial charge in [-0.2, -0.15) is 0 Å². The Labute approximate surface area is 222 Å². The molecule has 0 radical (unpaired) electrons. The maximum Gasteiger partial charge on any atom is 1.00 e. The third-order valence-corrected chi connectivity index (χ3v) is 7.51. The summed E-state index contributed by atoms with van der Waals surface area (Å²) in [5, 5.41) is 10.2. The van der Waals surface area contributed by atoms with Crippen LogP contribution < -0.4 is 68.9 Å². The summed E-state index contributed by atoms with van der Waals surface area (Å²) in [6.07, 6.45) is 7.03. The normalized spacial score (nSPS) is 36.4. The van der Waals surface area contributed by atoms with Crippen LogP contribution in [-0.2, 0) is 18.6 Å². The molecule has 0 amide bonds. The van der Waals surface area contributed by atoms with E-state index < -0.39 is 19.3 Å². The predicted octanol–water partition coefficient (Wildman–Crippen LogP) is -4.37. The summed E-state index contributed by atoms with van der Waals surface area (Å²) in [5.41, 5.74) is 0.386. The fourth-order valence-corrected chi connectivity index (χ4v) is 6.17. The van der Waals surface area contributed by atoms with Crippen molar-refractivity contribution in [2.75, 3.05) is 13.2 Å². The summed E-state index contributed by atoms with van der Waals surface area (Å²) < 4.78 is 21.0. The first-order chi connectivity index (χ1) is 13.0. The van der Waals surface area contributed by atoms with Gasteiger partial charge in [0.2, 0.25) is 0 Å². The minimum Gasteiger partial charge on any atom is -0.790 e. The van der Waals surface area contributed by atoms with Crippen molar-refractivity contribution >= 4 is 13.8 Å². The van der Waals surface area contributed by atoms with E-state index in [0.717, 1.165) is 12.0 Å². The van der Waals surface area contributed by atoms with Crippen molar-refractivity contribution < 1.29 is 92.6 Å². The van der Waals surface area contributed by atoms with Crippen molar-refractivity contribution in [2.24, 2.45) is 22.7 Å².